The molecule has 0 aromatic heterocycles. The predicted octanol–water partition coefficient (Wildman–Crippen LogP) is 0.675. The van der Waals surface area contributed by atoms with Crippen molar-refractivity contribution >= 4 is 34.4 Å². The Balaban J connectivity index is 2.10. The lowest BCUT2D eigenvalue weighted by Gasteiger charge is -2.16. The normalized spacial score (nSPS) is 18.2. The van der Waals surface area contributed by atoms with Crippen LogP contribution < -0.4 is 16.2 Å². The Morgan fingerprint density at radius 2 is 2.00 bits per heavy atom. The van der Waals surface area contributed by atoms with Gasteiger partial charge in [0.1, 0.15) is 0 Å². The van der Waals surface area contributed by atoms with Gasteiger partial charge in [-0.1, -0.05) is 11.8 Å². The van der Waals surface area contributed by atoms with Crippen LogP contribution in [0.15, 0.2) is 24.3 Å². The van der Waals surface area contributed by atoms with Gasteiger partial charge in [-0.15, -0.1) is 0 Å². The SMILES string of the molecule is CC(=O)SC1CC(=O)N(c2ccc(C(=O)NN)cc2)C1. The summed E-state index contributed by atoms with van der Waals surface area (Å²) in [5.74, 6) is 4.66. The summed E-state index contributed by atoms with van der Waals surface area (Å²) in [6, 6.07) is 6.61. The minimum absolute atomic E-state index is 0.00739. The molecule has 1 aliphatic heterocycles. The smallest absolute Gasteiger partial charge is 0.265 e. The molecule has 20 heavy (non-hydrogen) atoms. The zero-order valence-electron chi connectivity index (χ0n) is 11.0. The molecule has 0 bridgehead atoms. The second-order valence-corrected chi connectivity index (χ2v) is 5.94. The standard InChI is InChI=1S/C13H15N3O3S/c1-8(17)20-11-6-12(18)16(7-11)10-4-2-9(3-5-10)13(19)15-14/h2-5,11H,6-7,14H2,1H3,(H,15,19). The van der Waals surface area contributed by atoms with Crippen LogP contribution in [0.1, 0.15) is 23.7 Å². The second kappa shape index (κ2) is 6.06. The summed E-state index contributed by atoms with van der Waals surface area (Å²) >= 11 is 1.19. The maximum absolute atomic E-state index is 11.9. The number of thioether (sulfide) groups is 1. The molecule has 106 valence electrons. The molecule has 1 heterocycles. The lowest BCUT2D eigenvalue weighted by Crippen LogP contribution is -2.30. The van der Waals surface area contributed by atoms with Crippen molar-refractivity contribution in [1.29, 1.82) is 0 Å². The van der Waals surface area contributed by atoms with Crippen molar-refractivity contribution < 1.29 is 14.4 Å². The largest absolute Gasteiger partial charge is 0.311 e. The van der Waals surface area contributed by atoms with E-state index < -0.39 is 0 Å². The van der Waals surface area contributed by atoms with E-state index >= 15 is 0 Å². The summed E-state index contributed by atoms with van der Waals surface area (Å²) in [7, 11) is 0. The van der Waals surface area contributed by atoms with Gasteiger partial charge < -0.3 is 4.90 Å². The average Bonchev–Trinajstić information content (AvgIpc) is 2.78. The average molecular weight is 293 g/mol. The van der Waals surface area contributed by atoms with Gasteiger partial charge in [-0.05, 0) is 24.3 Å². The van der Waals surface area contributed by atoms with Gasteiger partial charge in [-0.3, -0.25) is 19.8 Å². The van der Waals surface area contributed by atoms with Crippen LogP contribution in [0.3, 0.4) is 0 Å². The Bertz CT molecular complexity index is 544. The molecule has 0 saturated carbocycles. The molecule has 1 aromatic carbocycles. The molecule has 2 amide bonds. The van der Waals surface area contributed by atoms with Gasteiger partial charge in [-0.25, -0.2) is 5.84 Å². The third-order valence-corrected chi connectivity index (χ3v) is 3.98. The Labute approximate surface area is 120 Å². The quantitative estimate of drug-likeness (QED) is 0.485. The zero-order chi connectivity index (χ0) is 14.7. The highest BCUT2D eigenvalue weighted by molar-refractivity contribution is 8.14. The van der Waals surface area contributed by atoms with Crippen molar-refractivity contribution in [3.63, 3.8) is 0 Å². The number of nitrogens with one attached hydrogen (secondary N) is 1. The molecular weight excluding hydrogens is 278 g/mol. The highest BCUT2D eigenvalue weighted by Gasteiger charge is 2.31. The summed E-state index contributed by atoms with van der Waals surface area (Å²) in [5.41, 5.74) is 3.19. The number of rotatable bonds is 3. The molecule has 7 heteroatoms. The number of amides is 2. The number of nitrogen functional groups attached to an aromatic ring is 1. The number of carbonyl (C=O) groups excluding carboxylic acids is 3. The van der Waals surface area contributed by atoms with Crippen LogP contribution in [0.5, 0.6) is 0 Å². The Hall–Kier alpha value is -1.86. The van der Waals surface area contributed by atoms with Gasteiger partial charge in [-0.2, -0.15) is 0 Å². The molecule has 0 spiro atoms. The summed E-state index contributed by atoms with van der Waals surface area (Å²) in [5, 5.41) is 0.00614. The van der Waals surface area contributed by atoms with E-state index in [2.05, 4.69) is 0 Å². The number of hydrogen-bond acceptors (Lipinski definition) is 5. The lowest BCUT2D eigenvalue weighted by atomic mass is 10.2. The maximum Gasteiger partial charge on any atom is 0.265 e. The fourth-order valence-corrected chi connectivity index (χ4v) is 3.03. The number of hydrogen-bond donors (Lipinski definition) is 2. The number of nitrogens with zero attached hydrogens (tertiary/aromatic N) is 1. The molecule has 1 atom stereocenters. The second-order valence-electron chi connectivity index (χ2n) is 4.46. The van der Waals surface area contributed by atoms with Crippen LogP contribution in [0, 0.1) is 0 Å². The van der Waals surface area contributed by atoms with E-state index in [1.165, 1.54) is 18.7 Å². The van der Waals surface area contributed by atoms with Crippen LogP contribution in [0.2, 0.25) is 0 Å². The van der Waals surface area contributed by atoms with E-state index in [0.717, 1.165) is 5.69 Å². The molecule has 0 radical (unpaired) electrons. The van der Waals surface area contributed by atoms with E-state index in [4.69, 9.17) is 5.84 Å². The summed E-state index contributed by atoms with van der Waals surface area (Å²) in [6.45, 7) is 2.00. The van der Waals surface area contributed by atoms with Crippen molar-refractivity contribution in [3.05, 3.63) is 29.8 Å². The fraction of sp³-hybridized carbons (Fsp3) is 0.308. The Kier molecular flexibility index (Phi) is 4.41. The topological polar surface area (TPSA) is 92.5 Å². The first kappa shape index (κ1) is 14.5. The molecule has 3 N–H and O–H groups in total. The number of carbonyl (C=O) groups is 3. The highest BCUT2D eigenvalue weighted by atomic mass is 32.2. The number of anilines is 1. The van der Waals surface area contributed by atoms with E-state index in [1.54, 1.807) is 29.2 Å². The van der Waals surface area contributed by atoms with Crippen molar-refractivity contribution in [1.82, 2.24) is 5.43 Å². The summed E-state index contributed by atoms with van der Waals surface area (Å²) in [4.78, 5) is 36.0. The van der Waals surface area contributed by atoms with Gasteiger partial charge >= 0.3 is 0 Å². The first-order chi connectivity index (χ1) is 9.51. The van der Waals surface area contributed by atoms with Crippen molar-refractivity contribution in [3.8, 4) is 0 Å². The van der Waals surface area contributed by atoms with Crippen LogP contribution >= 0.6 is 11.8 Å². The first-order valence-electron chi connectivity index (χ1n) is 6.10. The Morgan fingerprint density at radius 3 is 2.55 bits per heavy atom. The van der Waals surface area contributed by atoms with Gasteiger partial charge in [0.2, 0.25) is 5.91 Å². The fourth-order valence-electron chi connectivity index (χ4n) is 2.11. The van der Waals surface area contributed by atoms with Gasteiger partial charge in [0.25, 0.3) is 5.91 Å². The van der Waals surface area contributed by atoms with E-state index in [-0.39, 0.29) is 22.2 Å². The summed E-state index contributed by atoms with van der Waals surface area (Å²) < 4.78 is 0. The minimum Gasteiger partial charge on any atom is -0.311 e. The van der Waals surface area contributed by atoms with Crippen LogP contribution in [0.25, 0.3) is 0 Å². The van der Waals surface area contributed by atoms with E-state index in [0.29, 0.717) is 18.5 Å². The third-order valence-electron chi connectivity index (χ3n) is 2.99. The van der Waals surface area contributed by atoms with Crippen LogP contribution in [-0.2, 0) is 9.59 Å². The van der Waals surface area contributed by atoms with Crippen molar-refractivity contribution in [2.24, 2.45) is 5.84 Å². The molecule has 6 nitrogen and oxygen atoms in total. The van der Waals surface area contributed by atoms with Crippen LogP contribution in [0.4, 0.5) is 5.69 Å². The lowest BCUT2D eigenvalue weighted by molar-refractivity contribution is -0.117. The molecule has 1 fully saturated rings. The molecule has 2 rings (SSSR count). The number of benzene rings is 1. The monoisotopic (exact) mass is 293 g/mol. The molecular formula is C13H15N3O3S. The molecule has 1 aliphatic rings. The molecule has 1 unspecified atom stereocenters. The van der Waals surface area contributed by atoms with E-state index in [1.807, 2.05) is 5.43 Å². The van der Waals surface area contributed by atoms with Crippen LogP contribution in [-0.4, -0.2) is 28.7 Å². The zero-order valence-corrected chi connectivity index (χ0v) is 11.8. The van der Waals surface area contributed by atoms with Gasteiger partial charge in [0.05, 0.1) is 0 Å². The molecule has 1 saturated heterocycles. The number of hydrazine groups is 1. The molecule has 1 aromatic rings. The first-order valence-corrected chi connectivity index (χ1v) is 6.98. The predicted molar refractivity (Wildman–Crippen MR) is 77.1 cm³/mol. The molecule has 0 aliphatic carbocycles. The maximum atomic E-state index is 11.9. The van der Waals surface area contributed by atoms with Crippen molar-refractivity contribution in [2.75, 3.05) is 11.4 Å². The summed E-state index contributed by atoms with van der Waals surface area (Å²) in [6.07, 6.45) is 0.356. The highest BCUT2D eigenvalue weighted by Crippen LogP contribution is 2.28. The van der Waals surface area contributed by atoms with Crippen molar-refractivity contribution in [2.45, 2.75) is 18.6 Å². The number of nitrogens with two attached hydrogens (primary N) is 1. The minimum atomic E-state index is -0.380. The Morgan fingerprint density at radius 1 is 1.35 bits per heavy atom. The van der Waals surface area contributed by atoms with Gasteiger partial charge in [0.15, 0.2) is 5.12 Å². The van der Waals surface area contributed by atoms with Gasteiger partial charge in [0, 0.05) is 36.4 Å². The van der Waals surface area contributed by atoms with E-state index in [9.17, 15) is 14.4 Å². The third kappa shape index (κ3) is 3.17.